The molecule has 0 aliphatic carbocycles. The van der Waals surface area contributed by atoms with E-state index >= 15 is 0 Å². The summed E-state index contributed by atoms with van der Waals surface area (Å²) in [6, 6.07) is 7.67. The number of fused-ring (bicyclic) bond motifs is 1. The number of ether oxygens (including phenoxy) is 4. The minimum absolute atomic E-state index is 0.0394. The second-order valence-electron chi connectivity index (χ2n) is 7.96. The molecule has 1 atom stereocenters. The van der Waals surface area contributed by atoms with Crippen LogP contribution in [0.3, 0.4) is 0 Å². The SMILES string of the molecule is CCOC(=O)C1=C(C)N=c2s/c(=C\c3cc(Br)c(O)c(OC)c3)c(=O)n2[C@@H]1c1ccc(OC)cc1OC. The zero-order valence-electron chi connectivity index (χ0n) is 20.8. The Morgan fingerprint density at radius 3 is 2.54 bits per heavy atom. The van der Waals surface area contributed by atoms with Crippen molar-refractivity contribution in [3.8, 4) is 23.0 Å². The van der Waals surface area contributed by atoms with Gasteiger partial charge >= 0.3 is 5.97 Å². The number of rotatable bonds is 7. The van der Waals surface area contributed by atoms with Gasteiger partial charge in [0.1, 0.15) is 17.5 Å². The average Bonchev–Trinajstić information content (AvgIpc) is 3.18. The van der Waals surface area contributed by atoms with Crippen LogP contribution in [0.4, 0.5) is 0 Å². The third-order valence-electron chi connectivity index (χ3n) is 5.82. The van der Waals surface area contributed by atoms with Crippen molar-refractivity contribution >= 4 is 39.3 Å². The molecule has 3 aromatic rings. The van der Waals surface area contributed by atoms with Gasteiger partial charge in [0, 0.05) is 11.6 Å². The van der Waals surface area contributed by atoms with Gasteiger partial charge < -0.3 is 24.1 Å². The number of hydrogen-bond donors (Lipinski definition) is 1. The summed E-state index contributed by atoms with van der Waals surface area (Å²) in [5.41, 5.74) is 1.57. The van der Waals surface area contributed by atoms with E-state index in [4.69, 9.17) is 18.9 Å². The van der Waals surface area contributed by atoms with Crippen molar-refractivity contribution in [2.75, 3.05) is 27.9 Å². The molecule has 2 heterocycles. The highest BCUT2D eigenvalue weighted by atomic mass is 79.9. The van der Waals surface area contributed by atoms with Crippen LogP contribution in [-0.2, 0) is 9.53 Å². The third kappa shape index (κ3) is 4.88. The molecule has 1 aliphatic rings. The number of hydrogen-bond acceptors (Lipinski definition) is 9. The lowest BCUT2D eigenvalue weighted by Crippen LogP contribution is -2.40. The maximum absolute atomic E-state index is 13.8. The standard InChI is InChI=1S/C26H25BrN2O7S/c1-6-36-25(32)21-13(2)28-26-29(22(21)16-8-7-15(33-3)12-18(16)34-4)24(31)20(37-26)11-14-9-17(27)23(30)19(10-14)35-5/h7-12,22,30H,6H2,1-5H3/b20-11-/t22-/m1/s1. The molecule has 0 fully saturated rings. The number of halogens is 1. The highest BCUT2D eigenvalue weighted by molar-refractivity contribution is 9.10. The Morgan fingerprint density at radius 2 is 1.89 bits per heavy atom. The summed E-state index contributed by atoms with van der Waals surface area (Å²) in [4.78, 5) is 31.9. The predicted octanol–water partition coefficient (Wildman–Crippen LogP) is 3.29. The summed E-state index contributed by atoms with van der Waals surface area (Å²) in [6.07, 6.45) is 1.68. The Hall–Kier alpha value is -3.57. The molecule has 0 amide bonds. The minimum Gasteiger partial charge on any atom is -0.503 e. The Morgan fingerprint density at radius 1 is 1.16 bits per heavy atom. The van der Waals surface area contributed by atoms with Gasteiger partial charge in [-0.3, -0.25) is 9.36 Å². The van der Waals surface area contributed by atoms with Crippen LogP contribution in [0.2, 0.25) is 0 Å². The molecule has 37 heavy (non-hydrogen) atoms. The highest BCUT2D eigenvalue weighted by Crippen LogP contribution is 2.38. The molecular weight excluding hydrogens is 564 g/mol. The quantitative estimate of drug-likeness (QED) is 0.422. The summed E-state index contributed by atoms with van der Waals surface area (Å²) in [6.45, 7) is 3.61. The van der Waals surface area contributed by atoms with E-state index < -0.39 is 12.0 Å². The van der Waals surface area contributed by atoms with Crippen LogP contribution < -0.4 is 29.1 Å². The molecule has 1 aromatic heterocycles. The first-order valence-electron chi connectivity index (χ1n) is 11.2. The molecule has 0 radical (unpaired) electrons. The number of carbonyl (C=O) groups excluding carboxylic acids is 1. The molecule has 11 heteroatoms. The van der Waals surface area contributed by atoms with Crippen LogP contribution in [0.5, 0.6) is 23.0 Å². The largest absolute Gasteiger partial charge is 0.503 e. The zero-order valence-corrected chi connectivity index (χ0v) is 23.2. The molecule has 1 N–H and O–H groups in total. The van der Waals surface area contributed by atoms with E-state index in [1.54, 1.807) is 57.4 Å². The summed E-state index contributed by atoms with van der Waals surface area (Å²) >= 11 is 4.50. The first-order valence-corrected chi connectivity index (χ1v) is 12.8. The molecule has 0 saturated carbocycles. The van der Waals surface area contributed by atoms with Crippen molar-refractivity contribution in [1.82, 2.24) is 4.57 Å². The number of phenolic OH excluding ortho intramolecular Hbond substituents is 1. The zero-order chi connectivity index (χ0) is 26.9. The summed E-state index contributed by atoms with van der Waals surface area (Å²) < 4.78 is 23.8. The number of methoxy groups -OCH3 is 3. The second-order valence-corrected chi connectivity index (χ2v) is 9.83. The molecular formula is C26H25BrN2O7S. The molecule has 1 aliphatic heterocycles. The fourth-order valence-corrected chi connectivity index (χ4v) is 5.62. The fraction of sp³-hybridized carbons (Fsp3) is 0.269. The van der Waals surface area contributed by atoms with E-state index in [0.717, 1.165) is 0 Å². The van der Waals surface area contributed by atoms with Crippen LogP contribution in [0.15, 0.2) is 55.9 Å². The van der Waals surface area contributed by atoms with E-state index in [-0.39, 0.29) is 29.2 Å². The Bertz CT molecular complexity index is 1590. The smallest absolute Gasteiger partial charge is 0.338 e. The van der Waals surface area contributed by atoms with Crippen molar-refractivity contribution in [1.29, 1.82) is 0 Å². The summed E-state index contributed by atoms with van der Waals surface area (Å²) in [5.74, 6) is 0.672. The van der Waals surface area contributed by atoms with Gasteiger partial charge in [0.05, 0.1) is 48.2 Å². The van der Waals surface area contributed by atoms with E-state index in [1.165, 1.54) is 30.1 Å². The van der Waals surface area contributed by atoms with Crippen LogP contribution in [0.1, 0.15) is 31.0 Å². The summed E-state index contributed by atoms with van der Waals surface area (Å²) in [7, 11) is 4.50. The molecule has 4 rings (SSSR count). The van der Waals surface area contributed by atoms with Gasteiger partial charge in [-0.1, -0.05) is 11.3 Å². The lowest BCUT2D eigenvalue weighted by Gasteiger charge is -2.26. The Labute approximate surface area is 225 Å². The number of carbonyl (C=O) groups is 1. The number of phenols is 1. The molecule has 2 aromatic carbocycles. The van der Waals surface area contributed by atoms with Gasteiger partial charge in [0.25, 0.3) is 5.56 Å². The van der Waals surface area contributed by atoms with Crippen molar-refractivity contribution in [3.05, 3.63) is 76.9 Å². The van der Waals surface area contributed by atoms with E-state index in [1.807, 2.05) is 0 Å². The number of nitrogens with zero attached hydrogens (tertiary/aromatic N) is 2. The van der Waals surface area contributed by atoms with Crippen molar-refractivity contribution in [3.63, 3.8) is 0 Å². The van der Waals surface area contributed by atoms with E-state index in [2.05, 4.69) is 20.9 Å². The number of thiazole rings is 1. The molecule has 0 bridgehead atoms. The number of esters is 1. The van der Waals surface area contributed by atoms with Crippen LogP contribution in [0, 0.1) is 0 Å². The minimum atomic E-state index is -0.834. The monoisotopic (exact) mass is 588 g/mol. The second kappa shape index (κ2) is 10.8. The molecule has 0 spiro atoms. The van der Waals surface area contributed by atoms with Crippen molar-refractivity contribution < 1.29 is 28.8 Å². The summed E-state index contributed by atoms with van der Waals surface area (Å²) in [5, 5.41) is 10.1. The average molecular weight is 589 g/mol. The van der Waals surface area contributed by atoms with Gasteiger partial charge in [-0.25, -0.2) is 9.79 Å². The van der Waals surface area contributed by atoms with Crippen molar-refractivity contribution in [2.24, 2.45) is 4.99 Å². The first-order chi connectivity index (χ1) is 17.7. The maximum atomic E-state index is 13.8. The first kappa shape index (κ1) is 26.5. The van der Waals surface area contributed by atoms with E-state index in [9.17, 15) is 14.7 Å². The van der Waals surface area contributed by atoms with Crippen LogP contribution in [0.25, 0.3) is 6.08 Å². The number of aromatic nitrogens is 1. The van der Waals surface area contributed by atoms with Gasteiger partial charge in [-0.05, 0) is 65.7 Å². The number of allylic oxidation sites excluding steroid dienone is 1. The molecule has 0 saturated heterocycles. The van der Waals surface area contributed by atoms with Crippen molar-refractivity contribution in [2.45, 2.75) is 19.9 Å². The highest BCUT2D eigenvalue weighted by Gasteiger charge is 2.35. The Kier molecular flexibility index (Phi) is 7.74. The predicted molar refractivity (Wildman–Crippen MR) is 142 cm³/mol. The van der Waals surface area contributed by atoms with Gasteiger partial charge in [-0.2, -0.15) is 0 Å². The maximum Gasteiger partial charge on any atom is 0.338 e. The fourth-order valence-electron chi connectivity index (χ4n) is 4.11. The molecule has 0 unspecified atom stereocenters. The third-order valence-corrected chi connectivity index (χ3v) is 7.41. The van der Waals surface area contributed by atoms with Gasteiger partial charge in [0.15, 0.2) is 16.3 Å². The van der Waals surface area contributed by atoms with Gasteiger partial charge in [0.2, 0.25) is 0 Å². The lowest BCUT2D eigenvalue weighted by molar-refractivity contribution is -0.139. The lowest BCUT2D eigenvalue weighted by atomic mass is 9.95. The van der Waals surface area contributed by atoms with Gasteiger partial charge in [-0.15, -0.1) is 0 Å². The number of aromatic hydroxyl groups is 1. The normalized spacial score (nSPS) is 15.2. The Balaban J connectivity index is 1.99. The molecule has 9 nitrogen and oxygen atoms in total. The number of benzene rings is 2. The van der Waals surface area contributed by atoms with E-state index in [0.29, 0.717) is 42.1 Å². The topological polar surface area (TPSA) is 109 Å². The van der Waals surface area contributed by atoms with Crippen LogP contribution in [-0.4, -0.2) is 43.6 Å². The molecule has 194 valence electrons. The van der Waals surface area contributed by atoms with Crippen LogP contribution >= 0.6 is 27.3 Å².